The Morgan fingerprint density at radius 2 is 1.93 bits per heavy atom. The van der Waals surface area contributed by atoms with Gasteiger partial charge in [0.1, 0.15) is 6.54 Å². The largest absolute Gasteiger partial charge is 0.348 e. The Labute approximate surface area is 158 Å². The molecular formula is C21H26N4O2. The van der Waals surface area contributed by atoms with Gasteiger partial charge in [0.15, 0.2) is 0 Å². The van der Waals surface area contributed by atoms with Gasteiger partial charge >= 0.3 is 0 Å². The third kappa shape index (κ3) is 3.52. The number of rotatable bonds is 5. The molecule has 2 heterocycles. The van der Waals surface area contributed by atoms with Crippen molar-refractivity contribution >= 4 is 16.8 Å². The van der Waals surface area contributed by atoms with E-state index < -0.39 is 0 Å². The Morgan fingerprint density at radius 1 is 1.22 bits per heavy atom. The minimum absolute atomic E-state index is 0.00994. The number of aryl methyl sites for hydroxylation is 3. The molecule has 3 rings (SSSR count). The highest BCUT2D eigenvalue weighted by Crippen LogP contribution is 2.21. The van der Waals surface area contributed by atoms with Crippen molar-refractivity contribution in [3.05, 3.63) is 63.2 Å². The lowest BCUT2D eigenvalue weighted by molar-refractivity contribution is -0.122. The van der Waals surface area contributed by atoms with E-state index in [0.717, 1.165) is 40.0 Å². The molecule has 0 fully saturated rings. The second kappa shape index (κ2) is 7.39. The molecule has 1 amide bonds. The summed E-state index contributed by atoms with van der Waals surface area (Å²) in [6, 6.07) is 9.06. The van der Waals surface area contributed by atoms with Crippen LogP contribution < -0.4 is 10.9 Å². The van der Waals surface area contributed by atoms with Crippen LogP contribution in [0.4, 0.5) is 0 Å². The first-order chi connectivity index (χ1) is 12.8. The van der Waals surface area contributed by atoms with Crippen molar-refractivity contribution < 1.29 is 4.79 Å². The summed E-state index contributed by atoms with van der Waals surface area (Å²) < 4.78 is 3.46. The molecule has 142 valence electrons. The number of hydrogen-bond donors (Lipinski definition) is 1. The van der Waals surface area contributed by atoms with Gasteiger partial charge in [0.2, 0.25) is 5.91 Å². The molecule has 3 aromatic rings. The molecule has 6 heteroatoms. The van der Waals surface area contributed by atoms with E-state index in [1.54, 1.807) is 6.07 Å². The molecule has 0 saturated heterocycles. The Morgan fingerprint density at radius 3 is 2.59 bits per heavy atom. The quantitative estimate of drug-likeness (QED) is 0.755. The van der Waals surface area contributed by atoms with Gasteiger partial charge in [-0.1, -0.05) is 18.2 Å². The number of amides is 1. The van der Waals surface area contributed by atoms with Crippen LogP contribution in [0.5, 0.6) is 0 Å². The van der Waals surface area contributed by atoms with Gasteiger partial charge in [-0.3, -0.25) is 18.8 Å². The highest BCUT2D eigenvalue weighted by molar-refractivity contribution is 5.84. The van der Waals surface area contributed by atoms with Crippen molar-refractivity contribution in [2.24, 2.45) is 0 Å². The topological polar surface area (TPSA) is 68.9 Å². The molecule has 0 aliphatic carbocycles. The molecule has 0 aliphatic heterocycles. The molecule has 1 N–H and O–H groups in total. The minimum Gasteiger partial charge on any atom is -0.348 e. The Kier molecular flexibility index (Phi) is 5.17. The number of para-hydroxylation sites is 1. The van der Waals surface area contributed by atoms with Gasteiger partial charge in [-0.05, 0) is 46.2 Å². The van der Waals surface area contributed by atoms with Gasteiger partial charge in [-0.2, -0.15) is 5.10 Å². The molecule has 0 bridgehead atoms. The summed E-state index contributed by atoms with van der Waals surface area (Å²) in [5.74, 6) is -0.193. The summed E-state index contributed by atoms with van der Waals surface area (Å²) in [5.41, 5.74) is 4.53. The van der Waals surface area contributed by atoms with Crippen LogP contribution in [-0.2, 0) is 17.9 Å². The lowest BCUT2D eigenvalue weighted by Gasteiger charge is -2.17. The van der Waals surface area contributed by atoms with E-state index in [1.165, 1.54) is 4.57 Å². The van der Waals surface area contributed by atoms with E-state index in [0.29, 0.717) is 0 Å². The second-order valence-electron chi connectivity index (χ2n) is 6.96. The summed E-state index contributed by atoms with van der Waals surface area (Å²) in [6.07, 6.45) is 0. The zero-order chi connectivity index (χ0) is 19.7. The number of nitrogens with zero attached hydrogens (tertiary/aromatic N) is 3. The molecule has 6 nitrogen and oxygen atoms in total. The third-order valence-corrected chi connectivity index (χ3v) is 5.07. The summed E-state index contributed by atoms with van der Waals surface area (Å²) in [7, 11) is 0. The Bertz CT molecular complexity index is 1060. The zero-order valence-corrected chi connectivity index (χ0v) is 16.5. The molecule has 0 aliphatic rings. The van der Waals surface area contributed by atoms with E-state index >= 15 is 0 Å². The van der Waals surface area contributed by atoms with E-state index in [4.69, 9.17) is 0 Å². The molecule has 2 aromatic heterocycles. The Balaban J connectivity index is 1.86. The number of aromatic nitrogens is 3. The third-order valence-electron chi connectivity index (χ3n) is 5.07. The van der Waals surface area contributed by atoms with Gasteiger partial charge in [0.25, 0.3) is 5.56 Å². The molecule has 0 spiro atoms. The average molecular weight is 366 g/mol. The fourth-order valence-electron chi connectivity index (χ4n) is 3.81. The molecule has 0 saturated carbocycles. The van der Waals surface area contributed by atoms with E-state index in [1.807, 2.05) is 63.6 Å². The van der Waals surface area contributed by atoms with E-state index in [-0.39, 0.29) is 24.1 Å². The van der Waals surface area contributed by atoms with Crippen LogP contribution in [0.3, 0.4) is 0 Å². The maximum atomic E-state index is 12.7. The van der Waals surface area contributed by atoms with Gasteiger partial charge in [-0.15, -0.1) is 0 Å². The van der Waals surface area contributed by atoms with Gasteiger partial charge in [0, 0.05) is 29.3 Å². The lowest BCUT2D eigenvalue weighted by Crippen LogP contribution is -2.34. The van der Waals surface area contributed by atoms with E-state index in [9.17, 15) is 9.59 Å². The Hall–Kier alpha value is -2.89. The first kappa shape index (κ1) is 18.9. The molecule has 1 atom stereocenters. The van der Waals surface area contributed by atoms with Gasteiger partial charge in [-0.25, -0.2) is 0 Å². The smallest absolute Gasteiger partial charge is 0.251 e. The fourth-order valence-corrected chi connectivity index (χ4v) is 3.81. The number of benzene rings is 1. The van der Waals surface area contributed by atoms with Crippen molar-refractivity contribution in [3.63, 3.8) is 0 Å². The summed E-state index contributed by atoms with van der Waals surface area (Å²) in [4.78, 5) is 25.1. The first-order valence-electron chi connectivity index (χ1n) is 9.26. The SMILES string of the molecule is CCn1nc(C)c([C@H](C)NC(=O)Cn2c(=O)cc(C)c3ccccc32)c1C. The van der Waals surface area contributed by atoms with E-state index in [2.05, 4.69) is 10.4 Å². The fraction of sp³-hybridized carbons (Fsp3) is 0.381. The predicted molar refractivity (Wildman–Crippen MR) is 107 cm³/mol. The van der Waals surface area contributed by atoms with Crippen molar-refractivity contribution in [2.45, 2.75) is 53.8 Å². The zero-order valence-electron chi connectivity index (χ0n) is 16.5. The van der Waals surface area contributed by atoms with Crippen molar-refractivity contribution in [1.29, 1.82) is 0 Å². The highest BCUT2D eigenvalue weighted by atomic mass is 16.2. The van der Waals surface area contributed by atoms with Gasteiger partial charge < -0.3 is 5.32 Å². The number of nitrogens with one attached hydrogen (secondary N) is 1. The maximum Gasteiger partial charge on any atom is 0.251 e. The summed E-state index contributed by atoms with van der Waals surface area (Å²) in [5, 5.41) is 8.51. The number of fused-ring (bicyclic) bond motifs is 1. The maximum absolute atomic E-state index is 12.7. The predicted octanol–water partition coefficient (Wildman–Crippen LogP) is 3.02. The van der Waals surface area contributed by atoms with Gasteiger partial charge in [0.05, 0.1) is 17.3 Å². The van der Waals surface area contributed by atoms with Crippen LogP contribution in [0.15, 0.2) is 35.1 Å². The van der Waals surface area contributed by atoms with Crippen LogP contribution in [0, 0.1) is 20.8 Å². The lowest BCUT2D eigenvalue weighted by atomic mass is 10.1. The summed E-state index contributed by atoms with van der Waals surface area (Å²) in [6.45, 7) is 10.6. The molecule has 0 radical (unpaired) electrons. The van der Waals surface area contributed by atoms with Crippen LogP contribution >= 0.6 is 0 Å². The number of carbonyl (C=O) groups excluding carboxylic acids is 1. The normalized spacial score (nSPS) is 12.3. The highest BCUT2D eigenvalue weighted by Gasteiger charge is 2.19. The molecule has 27 heavy (non-hydrogen) atoms. The van der Waals surface area contributed by atoms with Crippen molar-refractivity contribution in [3.8, 4) is 0 Å². The summed E-state index contributed by atoms with van der Waals surface area (Å²) >= 11 is 0. The molecule has 1 aromatic carbocycles. The first-order valence-corrected chi connectivity index (χ1v) is 9.26. The monoisotopic (exact) mass is 366 g/mol. The van der Waals surface area contributed by atoms with Crippen LogP contribution in [0.1, 0.15) is 42.4 Å². The molecule has 0 unspecified atom stereocenters. The van der Waals surface area contributed by atoms with Crippen LogP contribution in [0.2, 0.25) is 0 Å². The van der Waals surface area contributed by atoms with Crippen LogP contribution in [-0.4, -0.2) is 20.3 Å². The van der Waals surface area contributed by atoms with Crippen molar-refractivity contribution in [2.75, 3.05) is 0 Å². The molecular weight excluding hydrogens is 340 g/mol. The number of hydrogen-bond acceptors (Lipinski definition) is 3. The number of pyridine rings is 1. The van der Waals surface area contributed by atoms with Crippen molar-refractivity contribution in [1.82, 2.24) is 19.7 Å². The average Bonchev–Trinajstić information content (AvgIpc) is 2.92. The number of carbonyl (C=O) groups is 1. The standard InChI is InChI=1S/C21H26N4O2/c1-6-25-16(5)21(15(4)23-25)14(3)22-19(26)12-24-18-10-8-7-9-17(18)13(2)11-20(24)27/h7-11,14H,6,12H2,1-5H3,(H,22,26)/t14-/m0/s1. The van der Waals surface area contributed by atoms with Crippen LogP contribution in [0.25, 0.3) is 10.9 Å². The second-order valence-corrected chi connectivity index (χ2v) is 6.96. The minimum atomic E-state index is -0.193.